The molecule has 0 atom stereocenters. The van der Waals surface area contributed by atoms with Gasteiger partial charge in [-0.3, -0.25) is 4.79 Å². The first-order valence-corrected chi connectivity index (χ1v) is 7.31. The van der Waals surface area contributed by atoms with Crippen molar-refractivity contribution in [2.45, 2.75) is 13.3 Å². The van der Waals surface area contributed by atoms with Gasteiger partial charge in [0.05, 0.1) is 19.7 Å². The lowest BCUT2D eigenvalue weighted by Gasteiger charge is -2.08. The van der Waals surface area contributed by atoms with Crippen molar-refractivity contribution in [3.63, 3.8) is 0 Å². The van der Waals surface area contributed by atoms with Crippen molar-refractivity contribution in [1.82, 2.24) is 10.2 Å². The molecule has 5 heteroatoms. The highest BCUT2D eigenvalue weighted by atomic mass is 16.5. The van der Waals surface area contributed by atoms with Crippen molar-refractivity contribution in [2.24, 2.45) is 0 Å². The van der Waals surface area contributed by atoms with Crippen LogP contribution in [-0.2, 0) is 11.2 Å². The molecule has 0 saturated carbocycles. The van der Waals surface area contributed by atoms with Crippen LogP contribution in [0.15, 0.2) is 48.7 Å². The number of methoxy groups -OCH3 is 1. The number of hydrogen-bond donors (Lipinski definition) is 1. The molecular formula is C18H17N3O2. The van der Waals surface area contributed by atoms with E-state index in [2.05, 4.69) is 15.5 Å². The van der Waals surface area contributed by atoms with E-state index in [4.69, 9.17) is 4.74 Å². The van der Waals surface area contributed by atoms with Crippen LogP contribution in [-0.4, -0.2) is 23.2 Å². The van der Waals surface area contributed by atoms with E-state index < -0.39 is 0 Å². The predicted molar refractivity (Wildman–Crippen MR) is 89.6 cm³/mol. The Morgan fingerprint density at radius 2 is 1.91 bits per heavy atom. The number of benzene rings is 2. The summed E-state index contributed by atoms with van der Waals surface area (Å²) in [4.78, 5) is 12.3. The van der Waals surface area contributed by atoms with Gasteiger partial charge in [0.2, 0.25) is 5.91 Å². The van der Waals surface area contributed by atoms with Crippen molar-refractivity contribution < 1.29 is 9.53 Å². The molecule has 0 fully saturated rings. The third-order valence-corrected chi connectivity index (χ3v) is 3.71. The first kappa shape index (κ1) is 15.0. The first-order chi connectivity index (χ1) is 11.2. The summed E-state index contributed by atoms with van der Waals surface area (Å²) in [5, 5.41) is 12.8. The Labute approximate surface area is 134 Å². The van der Waals surface area contributed by atoms with Gasteiger partial charge in [-0.1, -0.05) is 30.3 Å². The number of nitrogens with zero attached hydrogens (tertiary/aromatic N) is 2. The Morgan fingerprint density at radius 3 is 2.65 bits per heavy atom. The van der Waals surface area contributed by atoms with E-state index >= 15 is 0 Å². The van der Waals surface area contributed by atoms with Gasteiger partial charge in [-0.05, 0) is 30.2 Å². The zero-order chi connectivity index (χ0) is 16.2. The number of aromatic nitrogens is 2. The second kappa shape index (κ2) is 6.44. The van der Waals surface area contributed by atoms with E-state index in [1.165, 1.54) is 0 Å². The van der Waals surface area contributed by atoms with Gasteiger partial charge in [-0.25, -0.2) is 0 Å². The molecule has 0 unspecified atom stereocenters. The number of rotatable bonds is 4. The summed E-state index contributed by atoms with van der Waals surface area (Å²) in [7, 11) is 1.61. The van der Waals surface area contributed by atoms with E-state index in [0.29, 0.717) is 5.82 Å². The van der Waals surface area contributed by atoms with Crippen molar-refractivity contribution in [3.05, 3.63) is 59.8 Å². The maximum Gasteiger partial charge on any atom is 0.230 e. The van der Waals surface area contributed by atoms with Crippen LogP contribution in [0.2, 0.25) is 0 Å². The Morgan fingerprint density at radius 1 is 1.13 bits per heavy atom. The van der Waals surface area contributed by atoms with Crippen LogP contribution in [0.1, 0.15) is 11.1 Å². The Balaban J connectivity index is 1.78. The molecule has 0 spiro atoms. The molecule has 2 aromatic carbocycles. The van der Waals surface area contributed by atoms with E-state index in [-0.39, 0.29) is 12.3 Å². The van der Waals surface area contributed by atoms with Crippen LogP contribution >= 0.6 is 0 Å². The maximum absolute atomic E-state index is 12.3. The lowest BCUT2D eigenvalue weighted by Crippen LogP contribution is -2.16. The summed E-state index contributed by atoms with van der Waals surface area (Å²) < 4.78 is 5.11. The fourth-order valence-corrected chi connectivity index (χ4v) is 2.45. The second-order valence-electron chi connectivity index (χ2n) is 5.30. The number of aryl methyl sites for hydroxylation is 1. The molecule has 0 saturated heterocycles. The Bertz CT molecular complexity index is 845. The number of anilines is 1. The molecule has 0 aliphatic heterocycles. The van der Waals surface area contributed by atoms with Gasteiger partial charge in [0.1, 0.15) is 5.75 Å². The number of ether oxygens (including phenoxy) is 1. The summed E-state index contributed by atoms with van der Waals surface area (Å²) in [6, 6.07) is 13.3. The molecule has 0 radical (unpaired) electrons. The van der Waals surface area contributed by atoms with Gasteiger partial charge in [0.15, 0.2) is 5.82 Å². The molecule has 3 rings (SSSR count). The van der Waals surface area contributed by atoms with Crippen LogP contribution in [0.5, 0.6) is 5.75 Å². The molecule has 1 N–H and O–H groups in total. The molecule has 3 aromatic rings. The zero-order valence-corrected chi connectivity index (χ0v) is 13.0. The maximum atomic E-state index is 12.3. The minimum atomic E-state index is -0.126. The highest BCUT2D eigenvalue weighted by molar-refractivity contribution is 6.01. The topological polar surface area (TPSA) is 64.1 Å². The van der Waals surface area contributed by atoms with Crippen LogP contribution in [0.3, 0.4) is 0 Å². The average molecular weight is 307 g/mol. The number of carbonyl (C=O) groups is 1. The van der Waals surface area contributed by atoms with Gasteiger partial charge in [-0.15, -0.1) is 5.10 Å². The number of amides is 1. The molecule has 1 aromatic heterocycles. The molecule has 116 valence electrons. The third kappa shape index (κ3) is 3.29. The minimum absolute atomic E-state index is 0.126. The summed E-state index contributed by atoms with van der Waals surface area (Å²) in [6.45, 7) is 2.01. The molecule has 0 aliphatic rings. The molecule has 0 aliphatic carbocycles. The fraction of sp³-hybridized carbons (Fsp3) is 0.167. The number of hydrogen-bond acceptors (Lipinski definition) is 4. The van der Waals surface area contributed by atoms with Crippen LogP contribution in [0.4, 0.5) is 5.82 Å². The molecule has 23 heavy (non-hydrogen) atoms. The summed E-state index contributed by atoms with van der Waals surface area (Å²) in [5.74, 6) is 1.13. The van der Waals surface area contributed by atoms with Crippen molar-refractivity contribution >= 4 is 22.5 Å². The monoisotopic (exact) mass is 307 g/mol. The van der Waals surface area contributed by atoms with Crippen molar-refractivity contribution in [3.8, 4) is 5.75 Å². The standard InChI is InChI=1S/C18H17N3O2/c1-12-4-3-5-15-16(12)11-19-21-18(15)20-17(22)10-13-6-8-14(23-2)9-7-13/h3-9,11H,10H2,1-2H3,(H,20,21,22). The van der Waals surface area contributed by atoms with Crippen molar-refractivity contribution in [1.29, 1.82) is 0 Å². The molecule has 1 heterocycles. The smallest absolute Gasteiger partial charge is 0.230 e. The van der Waals surface area contributed by atoms with Gasteiger partial charge < -0.3 is 10.1 Å². The quantitative estimate of drug-likeness (QED) is 0.804. The summed E-state index contributed by atoms with van der Waals surface area (Å²) >= 11 is 0. The molecule has 5 nitrogen and oxygen atoms in total. The Kier molecular flexibility index (Phi) is 4.19. The van der Waals surface area contributed by atoms with Crippen LogP contribution in [0, 0.1) is 6.92 Å². The molecular weight excluding hydrogens is 290 g/mol. The second-order valence-corrected chi connectivity index (χ2v) is 5.30. The van der Waals surface area contributed by atoms with Crippen LogP contribution < -0.4 is 10.1 Å². The van der Waals surface area contributed by atoms with E-state index in [1.54, 1.807) is 13.3 Å². The van der Waals surface area contributed by atoms with Crippen molar-refractivity contribution in [2.75, 3.05) is 12.4 Å². The fourth-order valence-electron chi connectivity index (χ4n) is 2.45. The zero-order valence-electron chi connectivity index (χ0n) is 13.0. The van der Waals surface area contributed by atoms with Gasteiger partial charge in [0, 0.05) is 10.8 Å². The lowest BCUT2D eigenvalue weighted by molar-refractivity contribution is -0.115. The van der Waals surface area contributed by atoms with E-state index in [0.717, 1.165) is 27.6 Å². The number of carbonyl (C=O) groups excluding carboxylic acids is 1. The average Bonchev–Trinajstić information content (AvgIpc) is 2.56. The van der Waals surface area contributed by atoms with Crippen LogP contribution in [0.25, 0.3) is 10.8 Å². The van der Waals surface area contributed by atoms with E-state index in [9.17, 15) is 4.79 Å². The van der Waals surface area contributed by atoms with Gasteiger partial charge >= 0.3 is 0 Å². The lowest BCUT2D eigenvalue weighted by atomic mass is 10.1. The predicted octanol–water partition coefficient (Wildman–Crippen LogP) is 3.13. The third-order valence-electron chi connectivity index (χ3n) is 3.71. The molecule has 1 amide bonds. The Hall–Kier alpha value is -2.95. The summed E-state index contributed by atoms with van der Waals surface area (Å²) in [6.07, 6.45) is 1.98. The highest BCUT2D eigenvalue weighted by Crippen LogP contribution is 2.22. The van der Waals surface area contributed by atoms with Gasteiger partial charge in [-0.2, -0.15) is 5.10 Å². The normalized spacial score (nSPS) is 10.5. The number of nitrogens with one attached hydrogen (secondary N) is 1. The number of fused-ring (bicyclic) bond motifs is 1. The first-order valence-electron chi connectivity index (χ1n) is 7.31. The highest BCUT2D eigenvalue weighted by Gasteiger charge is 2.09. The van der Waals surface area contributed by atoms with E-state index in [1.807, 2.05) is 49.4 Å². The minimum Gasteiger partial charge on any atom is -0.497 e. The van der Waals surface area contributed by atoms with Gasteiger partial charge in [0.25, 0.3) is 0 Å². The summed E-state index contributed by atoms with van der Waals surface area (Å²) in [5.41, 5.74) is 2.01. The SMILES string of the molecule is COc1ccc(CC(=O)Nc2nncc3c(C)cccc23)cc1. The largest absolute Gasteiger partial charge is 0.497 e. The molecule has 0 bridgehead atoms.